The van der Waals surface area contributed by atoms with Gasteiger partial charge >= 0.3 is 0 Å². The molecule has 0 bridgehead atoms. The van der Waals surface area contributed by atoms with Gasteiger partial charge in [-0.25, -0.2) is 5.43 Å². The lowest BCUT2D eigenvalue weighted by atomic mass is 10.1. The predicted molar refractivity (Wildman–Crippen MR) is 135 cm³/mol. The lowest BCUT2D eigenvalue weighted by Crippen LogP contribution is -2.22. The van der Waals surface area contributed by atoms with E-state index in [1.165, 1.54) is 5.56 Å². The van der Waals surface area contributed by atoms with Gasteiger partial charge in [0, 0.05) is 43.1 Å². The maximum Gasteiger partial charge on any atom is 0.271 e. The van der Waals surface area contributed by atoms with E-state index in [-0.39, 0.29) is 5.91 Å². The van der Waals surface area contributed by atoms with Gasteiger partial charge in [-0.2, -0.15) is 5.10 Å². The first-order valence-electron chi connectivity index (χ1n) is 11.2. The number of nitrogens with one attached hydrogen (secondary N) is 1. The Kier molecular flexibility index (Phi) is 8.44. The topological polar surface area (TPSA) is 47.9 Å². The molecule has 0 radical (unpaired) electrons. The third-order valence-electron chi connectivity index (χ3n) is 5.49. The Morgan fingerprint density at radius 3 is 1.94 bits per heavy atom. The van der Waals surface area contributed by atoms with Crippen molar-refractivity contribution in [2.75, 3.05) is 29.4 Å². The Hall–Kier alpha value is -3.60. The van der Waals surface area contributed by atoms with Gasteiger partial charge in [0.25, 0.3) is 5.91 Å². The second-order valence-corrected chi connectivity index (χ2v) is 7.51. The predicted octanol–water partition coefficient (Wildman–Crippen LogP) is 5.32. The van der Waals surface area contributed by atoms with Crippen LogP contribution < -0.4 is 15.2 Å². The van der Waals surface area contributed by atoms with Crippen LogP contribution >= 0.6 is 0 Å². The molecule has 3 aromatic carbocycles. The minimum atomic E-state index is -0.219. The fourth-order valence-corrected chi connectivity index (χ4v) is 3.60. The summed E-state index contributed by atoms with van der Waals surface area (Å²) in [7, 11) is 0. The number of hydrogen-bond acceptors (Lipinski definition) is 4. The summed E-state index contributed by atoms with van der Waals surface area (Å²) < 4.78 is 0. The second kappa shape index (κ2) is 11.7. The summed E-state index contributed by atoms with van der Waals surface area (Å²) in [6.45, 7) is 10.1. The SMILES string of the molecule is CCN(CC)c1ccc(C(=O)N/N=C\c2ccc(N(CC)Cc3ccccc3)cc2)cc1. The normalized spacial score (nSPS) is 10.8. The molecule has 1 N–H and O–H groups in total. The van der Waals surface area contributed by atoms with Gasteiger partial charge < -0.3 is 9.80 Å². The molecule has 0 aliphatic carbocycles. The summed E-state index contributed by atoms with van der Waals surface area (Å²) in [5, 5.41) is 4.12. The van der Waals surface area contributed by atoms with E-state index in [1.54, 1.807) is 6.21 Å². The lowest BCUT2D eigenvalue weighted by Gasteiger charge is -2.23. The van der Waals surface area contributed by atoms with Crippen molar-refractivity contribution >= 4 is 23.5 Å². The summed E-state index contributed by atoms with van der Waals surface area (Å²) in [6, 6.07) is 26.3. The Bertz CT molecular complexity index is 994. The van der Waals surface area contributed by atoms with Crippen molar-refractivity contribution in [1.82, 2.24) is 5.43 Å². The number of carbonyl (C=O) groups is 1. The maximum absolute atomic E-state index is 12.4. The molecule has 3 aromatic rings. The number of nitrogens with zero attached hydrogens (tertiary/aromatic N) is 3. The third-order valence-corrected chi connectivity index (χ3v) is 5.49. The Morgan fingerprint density at radius 2 is 1.34 bits per heavy atom. The van der Waals surface area contributed by atoms with Crippen molar-refractivity contribution in [2.24, 2.45) is 5.10 Å². The zero-order valence-corrected chi connectivity index (χ0v) is 19.2. The van der Waals surface area contributed by atoms with E-state index in [1.807, 2.05) is 42.5 Å². The van der Waals surface area contributed by atoms with Gasteiger partial charge in [0.05, 0.1) is 6.21 Å². The van der Waals surface area contributed by atoms with E-state index in [0.717, 1.165) is 43.1 Å². The molecule has 0 heterocycles. The minimum absolute atomic E-state index is 0.219. The number of amides is 1. The first kappa shape index (κ1) is 23.1. The molecular formula is C27H32N4O. The van der Waals surface area contributed by atoms with E-state index in [0.29, 0.717) is 5.56 Å². The molecule has 0 aliphatic heterocycles. The van der Waals surface area contributed by atoms with Gasteiger partial charge in [-0.05, 0) is 68.3 Å². The zero-order valence-electron chi connectivity index (χ0n) is 19.2. The fourth-order valence-electron chi connectivity index (χ4n) is 3.60. The molecule has 32 heavy (non-hydrogen) atoms. The van der Waals surface area contributed by atoms with Crippen LogP contribution in [0.1, 0.15) is 42.3 Å². The van der Waals surface area contributed by atoms with Crippen LogP contribution in [0.3, 0.4) is 0 Å². The van der Waals surface area contributed by atoms with E-state index in [9.17, 15) is 4.79 Å². The number of carbonyl (C=O) groups excluding carboxylic acids is 1. The Labute approximate surface area is 191 Å². The molecule has 0 saturated heterocycles. The van der Waals surface area contributed by atoms with Crippen LogP contribution in [0.2, 0.25) is 0 Å². The van der Waals surface area contributed by atoms with E-state index in [2.05, 4.69) is 77.5 Å². The summed E-state index contributed by atoms with van der Waals surface area (Å²) >= 11 is 0. The molecule has 0 saturated carbocycles. The highest BCUT2D eigenvalue weighted by Gasteiger charge is 2.07. The monoisotopic (exact) mass is 428 g/mol. The van der Waals surface area contributed by atoms with Gasteiger partial charge in [0.2, 0.25) is 0 Å². The standard InChI is InChI=1S/C27H32N4O/c1-4-30(5-2)25-18-14-24(15-19-25)27(32)29-28-20-22-12-16-26(17-13-22)31(6-3)21-23-10-8-7-9-11-23/h7-20H,4-6,21H2,1-3H3,(H,29,32)/b28-20-. The molecule has 0 spiro atoms. The first-order valence-corrected chi connectivity index (χ1v) is 11.2. The molecular weight excluding hydrogens is 396 g/mol. The van der Waals surface area contributed by atoms with E-state index in [4.69, 9.17) is 0 Å². The van der Waals surface area contributed by atoms with Gasteiger partial charge in [-0.15, -0.1) is 0 Å². The number of hydrazone groups is 1. The summed E-state index contributed by atoms with van der Waals surface area (Å²) in [5.74, 6) is -0.219. The number of rotatable bonds is 10. The Balaban J connectivity index is 1.56. The maximum atomic E-state index is 12.4. The molecule has 166 valence electrons. The summed E-state index contributed by atoms with van der Waals surface area (Å²) in [4.78, 5) is 16.9. The van der Waals surface area contributed by atoms with Crippen molar-refractivity contribution in [3.63, 3.8) is 0 Å². The minimum Gasteiger partial charge on any atom is -0.372 e. The van der Waals surface area contributed by atoms with Gasteiger partial charge in [-0.3, -0.25) is 4.79 Å². The van der Waals surface area contributed by atoms with Crippen LogP contribution in [0.25, 0.3) is 0 Å². The van der Waals surface area contributed by atoms with Crippen LogP contribution in [0, 0.1) is 0 Å². The molecule has 1 amide bonds. The van der Waals surface area contributed by atoms with Gasteiger partial charge in [0.1, 0.15) is 0 Å². The van der Waals surface area contributed by atoms with E-state index >= 15 is 0 Å². The number of hydrogen-bond donors (Lipinski definition) is 1. The van der Waals surface area contributed by atoms with Crippen molar-refractivity contribution in [2.45, 2.75) is 27.3 Å². The van der Waals surface area contributed by atoms with Crippen molar-refractivity contribution < 1.29 is 4.79 Å². The van der Waals surface area contributed by atoms with Crippen LogP contribution in [-0.4, -0.2) is 31.8 Å². The molecule has 0 unspecified atom stereocenters. The average molecular weight is 429 g/mol. The molecule has 0 aliphatic rings. The smallest absolute Gasteiger partial charge is 0.271 e. The van der Waals surface area contributed by atoms with Crippen LogP contribution in [0.15, 0.2) is 84.0 Å². The highest BCUT2D eigenvalue weighted by molar-refractivity contribution is 5.95. The molecule has 5 nitrogen and oxygen atoms in total. The van der Waals surface area contributed by atoms with Crippen molar-refractivity contribution in [1.29, 1.82) is 0 Å². The van der Waals surface area contributed by atoms with Crippen LogP contribution in [0.4, 0.5) is 11.4 Å². The Morgan fingerprint density at radius 1 is 0.781 bits per heavy atom. The molecule has 5 heteroatoms. The third kappa shape index (κ3) is 6.20. The fraction of sp³-hybridized carbons (Fsp3) is 0.259. The number of benzene rings is 3. The summed E-state index contributed by atoms with van der Waals surface area (Å²) in [6.07, 6.45) is 1.67. The molecule has 0 fully saturated rings. The van der Waals surface area contributed by atoms with Crippen molar-refractivity contribution in [3.05, 3.63) is 95.6 Å². The lowest BCUT2D eigenvalue weighted by molar-refractivity contribution is 0.0955. The average Bonchev–Trinajstić information content (AvgIpc) is 2.85. The molecule has 0 atom stereocenters. The largest absolute Gasteiger partial charge is 0.372 e. The second-order valence-electron chi connectivity index (χ2n) is 7.51. The van der Waals surface area contributed by atoms with E-state index < -0.39 is 0 Å². The molecule has 3 rings (SSSR count). The van der Waals surface area contributed by atoms with Gasteiger partial charge in [0.15, 0.2) is 0 Å². The first-order chi connectivity index (χ1) is 15.6. The summed E-state index contributed by atoms with van der Waals surface area (Å²) in [5.41, 5.74) is 7.69. The highest BCUT2D eigenvalue weighted by Crippen LogP contribution is 2.18. The highest BCUT2D eigenvalue weighted by atomic mass is 16.2. The van der Waals surface area contributed by atoms with Crippen molar-refractivity contribution in [3.8, 4) is 0 Å². The van der Waals surface area contributed by atoms with Crippen LogP contribution in [0.5, 0.6) is 0 Å². The quantitative estimate of drug-likeness (QED) is 0.351. The van der Waals surface area contributed by atoms with Gasteiger partial charge in [-0.1, -0.05) is 42.5 Å². The van der Waals surface area contributed by atoms with Crippen LogP contribution in [-0.2, 0) is 6.54 Å². The molecule has 0 aromatic heterocycles. The number of anilines is 2. The zero-order chi connectivity index (χ0) is 22.8.